The monoisotopic (exact) mass is 388 g/mol. The lowest BCUT2D eigenvalue weighted by molar-refractivity contribution is -0.169. The fourth-order valence-electron chi connectivity index (χ4n) is 3.86. The summed E-state index contributed by atoms with van der Waals surface area (Å²) in [6.45, 7) is 0.0359. The Morgan fingerprint density at radius 3 is 2.11 bits per heavy atom. The Labute approximate surface area is 159 Å². The van der Waals surface area contributed by atoms with Crippen LogP contribution in [0.2, 0.25) is 0 Å². The molecule has 0 bridgehead atoms. The van der Waals surface area contributed by atoms with Crippen molar-refractivity contribution in [2.45, 2.75) is 12.8 Å². The van der Waals surface area contributed by atoms with Crippen molar-refractivity contribution in [3.8, 4) is 28.4 Å². The summed E-state index contributed by atoms with van der Waals surface area (Å²) in [4.78, 5) is 25.5. The van der Waals surface area contributed by atoms with Crippen LogP contribution in [0.4, 0.5) is 4.39 Å². The van der Waals surface area contributed by atoms with Gasteiger partial charge in [-0.2, -0.15) is 0 Å². The lowest BCUT2D eigenvalue weighted by atomic mass is 9.77. The van der Waals surface area contributed by atoms with Gasteiger partial charge in [-0.25, -0.2) is 4.39 Å². The number of ether oxygens (including phenoxy) is 4. The number of fused-ring (bicyclic) bond motifs is 4. The number of phenols is 1. The third-order valence-electron chi connectivity index (χ3n) is 5.20. The van der Waals surface area contributed by atoms with Gasteiger partial charge in [0.1, 0.15) is 0 Å². The summed E-state index contributed by atoms with van der Waals surface area (Å²) in [6, 6.07) is 5.73. The number of hydrogen-bond acceptors (Lipinski definition) is 7. The minimum absolute atomic E-state index is 0.0359. The predicted molar refractivity (Wildman–Crippen MR) is 93.5 cm³/mol. The highest BCUT2D eigenvalue weighted by Crippen LogP contribution is 2.47. The molecule has 1 N–H and O–H groups in total. The van der Waals surface area contributed by atoms with Gasteiger partial charge in [0.25, 0.3) is 0 Å². The first-order chi connectivity index (χ1) is 13.4. The number of aromatic hydroxyl groups is 1. The Bertz CT molecular complexity index is 983. The lowest BCUT2D eigenvalue weighted by Crippen LogP contribution is -2.44. The van der Waals surface area contributed by atoms with Crippen molar-refractivity contribution in [2.75, 3.05) is 21.0 Å². The summed E-state index contributed by atoms with van der Waals surface area (Å²) in [5.41, 5.74) is 0.309. The van der Waals surface area contributed by atoms with Gasteiger partial charge in [-0.3, -0.25) is 9.59 Å². The molecule has 0 radical (unpaired) electrons. The maximum absolute atomic E-state index is 14.2. The van der Waals surface area contributed by atoms with Crippen molar-refractivity contribution in [3.63, 3.8) is 0 Å². The first kappa shape index (κ1) is 18.1. The van der Waals surface area contributed by atoms with Gasteiger partial charge in [-0.05, 0) is 46.5 Å². The molecule has 2 aromatic carbocycles. The maximum Gasteiger partial charge on any atom is 0.323 e. The maximum atomic E-state index is 14.2. The van der Waals surface area contributed by atoms with Crippen LogP contribution in [-0.2, 0) is 31.9 Å². The van der Waals surface area contributed by atoms with Gasteiger partial charge in [-0.1, -0.05) is 0 Å². The van der Waals surface area contributed by atoms with E-state index in [9.17, 15) is 19.1 Å². The van der Waals surface area contributed by atoms with E-state index in [1.54, 1.807) is 12.1 Å². The molecule has 0 aromatic heterocycles. The lowest BCUT2D eigenvalue weighted by Gasteiger charge is -2.27. The molecule has 0 unspecified atom stereocenters. The minimum atomic E-state index is -1.69. The fourth-order valence-corrected chi connectivity index (χ4v) is 3.86. The van der Waals surface area contributed by atoms with Crippen molar-refractivity contribution in [2.24, 2.45) is 5.41 Å². The van der Waals surface area contributed by atoms with Crippen LogP contribution in [0.5, 0.6) is 17.2 Å². The van der Waals surface area contributed by atoms with Crippen molar-refractivity contribution in [3.05, 3.63) is 41.2 Å². The number of esters is 2. The molecule has 0 spiro atoms. The van der Waals surface area contributed by atoms with Gasteiger partial charge in [-0.15, -0.1) is 0 Å². The molecule has 8 heteroatoms. The molecule has 28 heavy (non-hydrogen) atoms. The molecule has 1 aliphatic carbocycles. The quantitative estimate of drug-likeness (QED) is 0.624. The van der Waals surface area contributed by atoms with E-state index in [2.05, 4.69) is 0 Å². The molecule has 146 valence electrons. The Kier molecular flexibility index (Phi) is 4.14. The van der Waals surface area contributed by atoms with Crippen LogP contribution in [-0.4, -0.2) is 38.1 Å². The SMILES string of the molecule is COC(=O)C1(C(=O)OC)Cc2cc(O)c(F)cc2-c2cc3c(cc2C1)OCO3. The van der Waals surface area contributed by atoms with E-state index in [-0.39, 0.29) is 19.6 Å². The van der Waals surface area contributed by atoms with Crippen LogP contribution >= 0.6 is 0 Å². The van der Waals surface area contributed by atoms with Crippen molar-refractivity contribution < 1.29 is 38.0 Å². The average Bonchev–Trinajstić information content (AvgIpc) is 3.10. The number of benzene rings is 2. The predicted octanol–water partition coefficient (Wildman–Crippen LogP) is 2.36. The Balaban J connectivity index is 2.03. The molecule has 0 saturated carbocycles. The summed E-state index contributed by atoms with van der Waals surface area (Å²) in [5.74, 6) is -2.01. The van der Waals surface area contributed by atoms with E-state index in [1.165, 1.54) is 26.4 Å². The van der Waals surface area contributed by atoms with E-state index in [0.29, 0.717) is 33.8 Å². The molecule has 7 nitrogen and oxygen atoms in total. The van der Waals surface area contributed by atoms with Crippen molar-refractivity contribution >= 4 is 11.9 Å². The highest BCUT2D eigenvalue weighted by molar-refractivity contribution is 6.01. The molecule has 2 aromatic rings. The Morgan fingerprint density at radius 1 is 0.964 bits per heavy atom. The standard InChI is InChI=1S/C20H17FO7/c1-25-18(23)20(19(24)26-2)7-10-3-15(22)14(21)5-12(10)13-6-17-16(27-9-28-17)4-11(13)8-20/h3-6,22H,7-9H2,1-2H3. The minimum Gasteiger partial charge on any atom is -0.505 e. The molecule has 0 amide bonds. The second-order valence-electron chi connectivity index (χ2n) is 6.74. The smallest absolute Gasteiger partial charge is 0.323 e. The van der Waals surface area contributed by atoms with Gasteiger partial charge in [0.2, 0.25) is 6.79 Å². The summed E-state index contributed by atoms with van der Waals surface area (Å²) >= 11 is 0. The summed E-state index contributed by atoms with van der Waals surface area (Å²) in [5, 5.41) is 9.88. The van der Waals surface area contributed by atoms with E-state index in [1.807, 2.05) is 0 Å². The van der Waals surface area contributed by atoms with E-state index in [4.69, 9.17) is 18.9 Å². The number of carbonyl (C=O) groups is 2. The first-order valence-corrected chi connectivity index (χ1v) is 8.50. The fraction of sp³-hybridized carbons (Fsp3) is 0.300. The van der Waals surface area contributed by atoms with Gasteiger partial charge >= 0.3 is 11.9 Å². The molecular weight excluding hydrogens is 371 g/mol. The van der Waals surface area contributed by atoms with Gasteiger partial charge < -0.3 is 24.1 Å². The van der Waals surface area contributed by atoms with Crippen LogP contribution in [0.1, 0.15) is 11.1 Å². The largest absolute Gasteiger partial charge is 0.505 e. The zero-order valence-electron chi connectivity index (χ0n) is 15.2. The van der Waals surface area contributed by atoms with Crippen LogP contribution in [0.3, 0.4) is 0 Å². The normalized spacial score (nSPS) is 15.8. The zero-order chi connectivity index (χ0) is 20.1. The molecule has 1 aliphatic heterocycles. The van der Waals surface area contributed by atoms with Crippen molar-refractivity contribution in [1.82, 2.24) is 0 Å². The first-order valence-electron chi connectivity index (χ1n) is 8.50. The number of carbonyl (C=O) groups excluding carboxylic acids is 2. The average molecular weight is 388 g/mol. The third-order valence-corrected chi connectivity index (χ3v) is 5.20. The van der Waals surface area contributed by atoms with Gasteiger partial charge in [0.05, 0.1) is 14.2 Å². The van der Waals surface area contributed by atoms with Crippen molar-refractivity contribution in [1.29, 1.82) is 0 Å². The molecule has 0 atom stereocenters. The topological polar surface area (TPSA) is 91.3 Å². The van der Waals surface area contributed by atoms with Crippen LogP contribution in [0.25, 0.3) is 11.1 Å². The third kappa shape index (κ3) is 2.56. The second-order valence-corrected chi connectivity index (χ2v) is 6.74. The number of methoxy groups -OCH3 is 2. The number of halogens is 1. The number of phenolic OH excluding ortho intramolecular Hbond substituents is 1. The van der Waals surface area contributed by atoms with Crippen LogP contribution in [0.15, 0.2) is 24.3 Å². The van der Waals surface area contributed by atoms with Gasteiger partial charge in [0, 0.05) is 12.8 Å². The highest BCUT2D eigenvalue weighted by Gasteiger charge is 2.51. The second kappa shape index (κ2) is 6.40. The number of rotatable bonds is 2. The van der Waals surface area contributed by atoms with Gasteiger partial charge in [0.15, 0.2) is 28.5 Å². The summed E-state index contributed by atoms with van der Waals surface area (Å²) in [6.07, 6.45) is -0.175. The Hall–Kier alpha value is -3.29. The number of hydrogen-bond donors (Lipinski definition) is 1. The van der Waals surface area contributed by atoms with E-state index >= 15 is 0 Å². The van der Waals surface area contributed by atoms with Crippen LogP contribution in [0, 0.1) is 11.2 Å². The molecule has 0 saturated heterocycles. The summed E-state index contributed by atoms with van der Waals surface area (Å²) in [7, 11) is 2.36. The molecule has 0 fully saturated rings. The molecule has 1 heterocycles. The molecule has 2 aliphatic rings. The summed E-state index contributed by atoms with van der Waals surface area (Å²) < 4.78 is 34.8. The van der Waals surface area contributed by atoms with Crippen LogP contribution < -0.4 is 9.47 Å². The zero-order valence-corrected chi connectivity index (χ0v) is 15.2. The van der Waals surface area contributed by atoms with E-state index < -0.39 is 28.9 Å². The Morgan fingerprint density at radius 2 is 1.50 bits per heavy atom. The molecule has 4 rings (SSSR count). The molecular formula is C20H17FO7. The highest BCUT2D eigenvalue weighted by atomic mass is 19.1. The van der Waals surface area contributed by atoms with E-state index in [0.717, 1.165) is 0 Å².